The van der Waals surface area contributed by atoms with E-state index in [1.807, 2.05) is 30.3 Å². The number of hydrogen-bond acceptors (Lipinski definition) is 2. The number of benzene rings is 2. The second-order valence-corrected chi connectivity index (χ2v) is 6.79. The van der Waals surface area contributed by atoms with Crippen LogP contribution in [0.2, 0.25) is 0 Å². The molecule has 0 atom stereocenters. The molecule has 2 amide bonds. The van der Waals surface area contributed by atoms with E-state index in [1.165, 1.54) is 30.4 Å². The van der Waals surface area contributed by atoms with Crippen LogP contribution in [0.4, 0.5) is 10.5 Å². The zero-order valence-corrected chi connectivity index (χ0v) is 15.1. The van der Waals surface area contributed by atoms with Crippen LogP contribution in [0.25, 0.3) is 0 Å². The quantitative estimate of drug-likeness (QED) is 0.739. The second kappa shape index (κ2) is 8.20. The molecule has 1 aliphatic rings. The van der Waals surface area contributed by atoms with Crippen molar-refractivity contribution < 1.29 is 9.53 Å². The highest BCUT2D eigenvalue weighted by molar-refractivity contribution is 9.10. The van der Waals surface area contributed by atoms with Crippen molar-refractivity contribution in [1.82, 2.24) is 5.32 Å². The monoisotopic (exact) mass is 388 g/mol. The number of nitrogens with one attached hydrogen (secondary N) is 2. The summed E-state index contributed by atoms with van der Waals surface area (Å²) in [6.07, 6.45) is 4.85. The summed E-state index contributed by atoms with van der Waals surface area (Å²) < 4.78 is 6.67. The molecule has 3 rings (SSSR count). The molecule has 0 aromatic heterocycles. The minimum absolute atomic E-state index is 0.234. The number of anilines is 1. The van der Waals surface area contributed by atoms with Gasteiger partial charge in [-0.05, 0) is 67.1 Å². The summed E-state index contributed by atoms with van der Waals surface area (Å²) in [5.41, 5.74) is 3.59. The van der Waals surface area contributed by atoms with Gasteiger partial charge in [-0.1, -0.05) is 28.1 Å². The van der Waals surface area contributed by atoms with Gasteiger partial charge in [0.05, 0.1) is 6.54 Å². The first-order chi connectivity index (χ1) is 11.7. The molecule has 0 radical (unpaired) electrons. The Kier molecular flexibility index (Phi) is 5.75. The summed E-state index contributed by atoms with van der Waals surface area (Å²) in [5.74, 6) is 0.879. The lowest BCUT2D eigenvalue weighted by atomic mass is 9.92. The molecule has 0 spiro atoms. The number of ether oxygens (including phenoxy) is 1. The first-order valence-electron chi connectivity index (χ1n) is 8.26. The Balaban J connectivity index is 1.41. The molecule has 0 aliphatic heterocycles. The fourth-order valence-corrected chi connectivity index (χ4v) is 3.27. The van der Waals surface area contributed by atoms with E-state index in [4.69, 9.17) is 4.74 Å². The van der Waals surface area contributed by atoms with Gasteiger partial charge in [-0.3, -0.25) is 0 Å². The highest BCUT2D eigenvalue weighted by Gasteiger charge is 2.09. The van der Waals surface area contributed by atoms with Crippen molar-refractivity contribution in [2.45, 2.75) is 25.7 Å². The van der Waals surface area contributed by atoms with Crippen molar-refractivity contribution in [2.75, 3.05) is 18.5 Å². The molecule has 0 saturated heterocycles. The number of amides is 2. The largest absolute Gasteiger partial charge is 0.492 e. The van der Waals surface area contributed by atoms with Gasteiger partial charge in [-0.15, -0.1) is 0 Å². The number of rotatable bonds is 5. The molecule has 0 saturated carbocycles. The maximum Gasteiger partial charge on any atom is 0.319 e. The first-order valence-corrected chi connectivity index (χ1v) is 9.05. The predicted molar refractivity (Wildman–Crippen MR) is 99.7 cm³/mol. The number of carbonyl (C=O) groups is 1. The fraction of sp³-hybridized carbons (Fsp3) is 0.316. The van der Waals surface area contributed by atoms with Crippen LogP contribution in [0.1, 0.15) is 24.0 Å². The van der Waals surface area contributed by atoms with Crippen LogP contribution in [0, 0.1) is 0 Å². The summed E-state index contributed by atoms with van der Waals surface area (Å²) in [6.45, 7) is 0.904. The minimum Gasteiger partial charge on any atom is -0.492 e. The molecular weight excluding hydrogens is 368 g/mol. The Morgan fingerprint density at radius 3 is 2.75 bits per heavy atom. The lowest BCUT2D eigenvalue weighted by molar-refractivity contribution is 0.247. The maximum absolute atomic E-state index is 11.8. The summed E-state index contributed by atoms with van der Waals surface area (Å²) in [5, 5.41) is 5.58. The lowest BCUT2D eigenvalue weighted by Crippen LogP contribution is -2.32. The minimum atomic E-state index is -0.234. The third-order valence-corrected chi connectivity index (χ3v) is 4.55. The molecule has 24 heavy (non-hydrogen) atoms. The van der Waals surface area contributed by atoms with Gasteiger partial charge >= 0.3 is 6.03 Å². The lowest BCUT2D eigenvalue weighted by Gasteiger charge is -2.17. The highest BCUT2D eigenvalue weighted by Crippen LogP contribution is 2.25. The van der Waals surface area contributed by atoms with Crippen molar-refractivity contribution in [3.05, 3.63) is 58.1 Å². The van der Waals surface area contributed by atoms with Gasteiger partial charge in [-0.25, -0.2) is 4.79 Å². The Morgan fingerprint density at radius 1 is 1.08 bits per heavy atom. The molecule has 2 N–H and O–H groups in total. The van der Waals surface area contributed by atoms with E-state index >= 15 is 0 Å². The van der Waals surface area contributed by atoms with E-state index in [0.717, 1.165) is 22.3 Å². The summed E-state index contributed by atoms with van der Waals surface area (Å²) in [4.78, 5) is 11.8. The van der Waals surface area contributed by atoms with Crippen molar-refractivity contribution in [3.8, 4) is 5.75 Å². The van der Waals surface area contributed by atoms with Gasteiger partial charge in [0.25, 0.3) is 0 Å². The zero-order chi connectivity index (χ0) is 16.8. The SMILES string of the molecule is O=C(NCCOc1ccc2c(c1)CCCC2)Nc1cccc(Br)c1. The van der Waals surface area contributed by atoms with Crippen LogP contribution in [0.5, 0.6) is 5.75 Å². The van der Waals surface area contributed by atoms with Gasteiger partial charge in [0.15, 0.2) is 0 Å². The van der Waals surface area contributed by atoms with Crippen LogP contribution in [0.15, 0.2) is 46.9 Å². The van der Waals surface area contributed by atoms with E-state index in [0.29, 0.717) is 13.2 Å². The molecule has 0 fully saturated rings. The first kappa shape index (κ1) is 16.8. The number of hydrogen-bond donors (Lipinski definition) is 2. The number of carbonyl (C=O) groups excluding carboxylic acids is 1. The van der Waals surface area contributed by atoms with Gasteiger partial charge in [0, 0.05) is 10.2 Å². The van der Waals surface area contributed by atoms with Gasteiger partial charge < -0.3 is 15.4 Å². The average molecular weight is 389 g/mol. The number of aryl methyl sites for hydroxylation is 2. The second-order valence-electron chi connectivity index (χ2n) is 5.88. The smallest absolute Gasteiger partial charge is 0.319 e. The number of urea groups is 1. The van der Waals surface area contributed by atoms with E-state index in [1.54, 1.807) is 0 Å². The Labute approximate surface area is 150 Å². The third-order valence-electron chi connectivity index (χ3n) is 4.06. The fourth-order valence-electron chi connectivity index (χ4n) is 2.87. The molecule has 2 aromatic carbocycles. The molecule has 0 unspecified atom stereocenters. The van der Waals surface area contributed by atoms with Gasteiger partial charge in [0.2, 0.25) is 0 Å². The Morgan fingerprint density at radius 2 is 1.92 bits per heavy atom. The van der Waals surface area contributed by atoms with E-state index < -0.39 is 0 Å². The molecule has 4 nitrogen and oxygen atoms in total. The standard InChI is InChI=1S/C19H21BrN2O2/c20-16-6-3-7-17(13-16)22-19(23)21-10-11-24-18-9-8-14-4-1-2-5-15(14)12-18/h3,6-9,12-13H,1-2,4-5,10-11H2,(H2,21,22,23). The Bertz CT molecular complexity index is 718. The molecule has 0 heterocycles. The normalized spacial score (nSPS) is 13.0. The van der Waals surface area contributed by atoms with E-state index in [9.17, 15) is 4.79 Å². The average Bonchev–Trinajstić information content (AvgIpc) is 2.58. The zero-order valence-electron chi connectivity index (χ0n) is 13.5. The van der Waals surface area contributed by atoms with Crippen LogP contribution in [-0.2, 0) is 12.8 Å². The summed E-state index contributed by atoms with van der Waals surface area (Å²) in [7, 11) is 0. The molecule has 5 heteroatoms. The van der Waals surface area contributed by atoms with Crippen molar-refractivity contribution in [1.29, 1.82) is 0 Å². The molecule has 1 aliphatic carbocycles. The Hall–Kier alpha value is -2.01. The summed E-state index contributed by atoms with van der Waals surface area (Å²) >= 11 is 3.38. The van der Waals surface area contributed by atoms with Crippen LogP contribution >= 0.6 is 15.9 Å². The van der Waals surface area contributed by atoms with E-state index in [-0.39, 0.29) is 6.03 Å². The van der Waals surface area contributed by atoms with Crippen molar-refractivity contribution in [2.24, 2.45) is 0 Å². The van der Waals surface area contributed by atoms with Crippen molar-refractivity contribution >= 4 is 27.6 Å². The predicted octanol–water partition coefficient (Wildman–Crippen LogP) is 4.53. The molecule has 126 valence electrons. The number of fused-ring (bicyclic) bond motifs is 1. The van der Waals surface area contributed by atoms with E-state index in [2.05, 4.69) is 38.7 Å². The molecule has 2 aromatic rings. The van der Waals surface area contributed by atoms with Crippen LogP contribution in [-0.4, -0.2) is 19.2 Å². The van der Waals surface area contributed by atoms with Gasteiger partial charge in [-0.2, -0.15) is 0 Å². The summed E-state index contributed by atoms with van der Waals surface area (Å²) in [6, 6.07) is 13.6. The van der Waals surface area contributed by atoms with Crippen LogP contribution < -0.4 is 15.4 Å². The maximum atomic E-state index is 11.8. The number of halogens is 1. The molecular formula is C19H21BrN2O2. The van der Waals surface area contributed by atoms with Crippen LogP contribution in [0.3, 0.4) is 0 Å². The topological polar surface area (TPSA) is 50.4 Å². The van der Waals surface area contributed by atoms with Crippen molar-refractivity contribution in [3.63, 3.8) is 0 Å². The van der Waals surface area contributed by atoms with Gasteiger partial charge in [0.1, 0.15) is 12.4 Å². The molecule has 0 bridgehead atoms. The third kappa shape index (κ3) is 4.74. The highest BCUT2D eigenvalue weighted by atomic mass is 79.9.